The lowest BCUT2D eigenvalue weighted by atomic mass is 10.1. The Morgan fingerprint density at radius 1 is 1.29 bits per heavy atom. The number of rotatable bonds is 6. The molecule has 0 bridgehead atoms. The minimum absolute atomic E-state index is 0.0206. The van der Waals surface area contributed by atoms with Crippen LogP contribution in [0.3, 0.4) is 0 Å². The molecule has 0 radical (unpaired) electrons. The fraction of sp³-hybridized carbons (Fsp3) is 0.381. The second kappa shape index (κ2) is 8.29. The largest absolute Gasteiger partial charge is 0.376 e. The van der Waals surface area contributed by atoms with E-state index in [0.29, 0.717) is 0 Å². The fourth-order valence-electron chi connectivity index (χ4n) is 3.85. The lowest BCUT2D eigenvalue weighted by Crippen LogP contribution is -2.49. The highest BCUT2D eigenvalue weighted by Crippen LogP contribution is 2.25. The molecule has 3 aromatic rings. The summed E-state index contributed by atoms with van der Waals surface area (Å²) in [7, 11) is 0. The summed E-state index contributed by atoms with van der Waals surface area (Å²) in [5.41, 5.74) is 3.09. The van der Waals surface area contributed by atoms with Gasteiger partial charge in [0.25, 0.3) is 0 Å². The highest BCUT2D eigenvalue weighted by Gasteiger charge is 2.23. The number of piperidine rings is 1. The van der Waals surface area contributed by atoms with Crippen molar-refractivity contribution in [3.8, 4) is 0 Å². The monoisotopic (exact) mass is 378 g/mol. The van der Waals surface area contributed by atoms with Crippen LogP contribution in [0.5, 0.6) is 0 Å². The van der Waals surface area contributed by atoms with Crippen LogP contribution in [0.1, 0.15) is 25.3 Å². The number of aryl methyl sites for hydroxylation is 1. The smallest absolute Gasteiger partial charge is 0.239 e. The normalized spacial score (nSPS) is 16.9. The number of carbonyl (C=O) groups is 1. The van der Waals surface area contributed by atoms with Gasteiger partial charge in [0.2, 0.25) is 5.91 Å². The molecule has 28 heavy (non-hydrogen) atoms. The number of para-hydroxylation sites is 1. The Morgan fingerprint density at radius 2 is 2.18 bits per heavy atom. The van der Waals surface area contributed by atoms with Gasteiger partial charge in [0, 0.05) is 31.0 Å². The van der Waals surface area contributed by atoms with Crippen molar-refractivity contribution in [1.29, 1.82) is 0 Å². The molecule has 1 aliphatic rings. The number of aromatic nitrogens is 3. The molecule has 1 atom stereocenters. The number of amides is 1. The number of H-pyrrole nitrogens is 1. The van der Waals surface area contributed by atoms with Crippen molar-refractivity contribution in [1.82, 2.24) is 20.3 Å². The predicted molar refractivity (Wildman–Crippen MR) is 112 cm³/mol. The summed E-state index contributed by atoms with van der Waals surface area (Å²) in [6.07, 6.45) is 6.41. The summed E-state index contributed by atoms with van der Waals surface area (Å²) in [5, 5.41) is 7.46. The lowest BCUT2D eigenvalue weighted by molar-refractivity contribution is -0.120. The van der Waals surface area contributed by atoms with E-state index in [1.54, 1.807) is 6.33 Å². The van der Waals surface area contributed by atoms with Crippen molar-refractivity contribution in [3.05, 3.63) is 48.4 Å². The van der Waals surface area contributed by atoms with Gasteiger partial charge in [-0.15, -0.1) is 0 Å². The van der Waals surface area contributed by atoms with Gasteiger partial charge in [-0.1, -0.05) is 25.1 Å². The SMILES string of the molecule is CCc1ccccc1NCC(=O)NC1CCCN(c2ncnc3[nH]ccc23)C1. The first-order valence-corrected chi connectivity index (χ1v) is 9.88. The first-order valence-electron chi connectivity index (χ1n) is 9.88. The molecule has 3 heterocycles. The van der Waals surface area contributed by atoms with Gasteiger partial charge < -0.3 is 20.5 Å². The van der Waals surface area contributed by atoms with Crippen LogP contribution in [0.15, 0.2) is 42.9 Å². The molecule has 1 aromatic carbocycles. The average molecular weight is 378 g/mol. The zero-order valence-corrected chi connectivity index (χ0v) is 16.1. The van der Waals surface area contributed by atoms with Crippen LogP contribution in [0.4, 0.5) is 11.5 Å². The number of fused-ring (bicyclic) bond motifs is 1. The molecule has 1 saturated heterocycles. The van der Waals surface area contributed by atoms with E-state index in [9.17, 15) is 4.79 Å². The zero-order valence-electron chi connectivity index (χ0n) is 16.1. The molecule has 7 nitrogen and oxygen atoms in total. The number of aromatic amines is 1. The Balaban J connectivity index is 1.36. The van der Waals surface area contributed by atoms with Crippen LogP contribution in [0.2, 0.25) is 0 Å². The third kappa shape index (κ3) is 3.93. The van der Waals surface area contributed by atoms with Gasteiger partial charge in [-0.2, -0.15) is 0 Å². The molecule has 1 amide bonds. The molecule has 1 aliphatic heterocycles. The van der Waals surface area contributed by atoms with E-state index >= 15 is 0 Å². The maximum atomic E-state index is 12.5. The highest BCUT2D eigenvalue weighted by atomic mass is 16.2. The topological polar surface area (TPSA) is 85.9 Å². The second-order valence-corrected chi connectivity index (χ2v) is 7.15. The molecule has 1 unspecified atom stereocenters. The van der Waals surface area contributed by atoms with Gasteiger partial charge in [-0.3, -0.25) is 4.79 Å². The van der Waals surface area contributed by atoms with Crippen molar-refractivity contribution in [2.45, 2.75) is 32.2 Å². The molecule has 4 rings (SSSR count). The Bertz CT molecular complexity index is 953. The minimum atomic E-state index is 0.0206. The van der Waals surface area contributed by atoms with Crippen LogP contribution in [0.25, 0.3) is 11.0 Å². The van der Waals surface area contributed by atoms with Gasteiger partial charge in [0.1, 0.15) is 17.8 Å². The molecule has 3 N–H and O–H groups in total. The average Bonchev–Trinajstić information content (AvgIpc) is 3.21. The first kappa shape index (κ1) is 18.3. The number of hydrogen-bond donors (Lipinski definition) is 3. The molecule has 1 fully saturated rings. The Labute approximate surface area is 164 Å². The van der Waals surface area contributed by atoms with E-state index in [-0.39, 0.29) is 18.5 Å². The van der Waals surface area contributed by atoms with Gasteiger partial charge in [0.05, 0.1) is 11.9 Å². The van der Waals surface area contributed by atoms with Crippen molar-refractivity contribution in [3.63, 3.8) is 0 Å². The van der Waals surface area contributed by atoms with Gasteiger partial charge >= 0.3 is 0 Å². The fourth-order valence-corrected chi connectivity index (χ4v) is 3.85. The van der Waals surface area contributed by atoms with Crippen LogP contribution in [0, 0.1) is 0 Å². The molecule has 0 aliphatic carbocycles. The standard InChI is InChI=1S/C21H26N6O/c1-2-15-6-3-4-8-18(15)23-12-19(28)26-16-7-5-11-27(13-16)21-17-9-10-22-20(17)24-14-25-21/h3-4,6,8-10,14,16,23H,2,5,7,11-13H2,1H3,(H,26,28)(H,22,24,25). The molecule has 7 heteroatoms. The molecule has 0 saturated carbocycles. The third-order valence-corrected chi connectivity index (χ3v) is 5.26. The minimum Gasteiger partial charge on any atom is -0.376 e. The van der Waals surface area contributed by atoms with Crippen molar-refractivity contribution >= 4 is 28.4 Å². The van der Waals surface area contributed by atoms with Crippen LogP contribution < -0.4 is 15.5 Å². The van der Waals surface area contributed by atoms with Gasteiger partial charge in [-0.25, -0.2) is 9.97 Å². The highest BCUT2D eigenvalue weighted by molar-refractivity contribution is 5.87. The molecular formula is C21H26N6O. The summed E-state index contributed by atoms with van der Waals surface area (Å²) in [6, 6.07) is 10.2. The Hall–Kier alpha value is -3.09. The summed E-state index contributed by atoms with van der Waals surface area (Å²) < 4.78 is 0. The van der Waals surface area contributed by atoms with E-state index in [4.69, 9.17) is 0 Å². The predicted octanol–water partition coefficient (Wildman–Crippen LogP) is 2.72. The van der Waals surface area contributed by atoms with E-state index in [0.717, 1.165) is 54.9 Å². The van der Waals surface area contributed by atoms with E-state index in [2.05, 4.69) is 43.5 Å². The number of carbonyl (C=O) groups excluding carboxylic acids is 1. The number of benzene rings is 1. The van der Waals surface area contributed by atoms with Gasteiger partial charge in [0.15, 0.2) is 0 Å². The third-order valence-electron chi connectivity index (χ3n) is 5.26. The number of anilines is 2. The van der Waals surface area contributed by atoms with Crippen molar-refractivity contribution in [2.75, 3.05) is 29.9 Å². The van der Waals surface area contributed by atoms with E-state index in [1.165, 1.54) is 5.56 Å². The first-order chi connectivity index (χ1) is 13.7. The van der Waals surface area contributed by atoms with E-state index < -0.39 is 0 Å². The maximum absolute atomic E-state index is 12.5. The lowest BCUT2D eigenvalue weighted by Gasteiger charge is -2.34. The number of hydrogen-bond acceptors (Lipinski definition) is 5. The number of nitrogens with one attached hydrogen (secondary N) is 3. The van der Waals surface area contributed by atoms with Crippen molar-refractivity contribution < 1.29 is 4.79 Å². The Morgan fingerprint density at radius 3 is 3.07 bits per heavy atom. The maximum Gasteiger partial charge on any atom is 0.239 e. The van der Waals surface area contributed by atoms with E-state index in [1.807, 2.05) is 30.5 Å². The summed E-state index contributed by atoms with van der Waals surface area (Å²) >= 11 is 0. The van der Waals surface area contributed by atoms with Crippen LogP contribution >= 0.6 is 0 Å². The summed E-state index contributed by atoms with van der Waals surface area (Å²) in [4.78, 5) is 26.6. The zero-order chi connectivity index (χ0) is 19.3. The van der Waals surface area contributed by atoms with Crippen molar-refractivity contribution in [2.24, 2.45) is 0 Å². The number of nitrogens with zero attached hydrogens (tertiary/aromatic N) is 3. The Kier molecular flexibility index (Phi) is 5.41. The summed E-state index contributed by atoms with van der Waals surface area (Å²) in [6.45, 7) is 4.09. The van der Waals surface area contributed by atoms with Crippen LogP contribution in [-0.4, -0.2) is 46.5 Å². The second-order valence-electron chi connectivity index (χ2n) is 7.15. The molecule has 0 spiro atoms. The summed E-state index contributed by atoms with van der Waals surface area (Å²) in [5.74, 6) is 0.951. The van der Waals surface area contributed by atoms with Gasteiger partial charge in [-0.05, 0) is 37.0 Å². The molecule has 2 aromatic heterocycles. The quantitative estimate of drug-likeness (QED) is 0.614. The molecular weight excluding hydrogens is 352 g/mol. The molecule has 146 valence electrons. The van der Waals surface area contributed by atoms with Crippen LogP contribution in [-0.2, 0) is 11.2 Å².